The van der Waals surface area contributed by atoms with Crippen LogP contribution in [0, 0.1) is 5.82 Å². The first kappa shape index (κ1) is 23.9. The molecule has 0 fully saturated rings. The SMILES string of the molecule is O=S(=O)(Cc1ncc(F)cn1)c1ccc2c(c1)OCC[C@H]2c1ccc(C(F)(F)F)cc1-n1ccnn1. The smallest absolute Gasteiger partial charge is 0.416 e. The van der Waals surface area contributed by atoms with Gasteiger partial charge in [-0.15, -0.1) is 5.10 Å². The fraction of sp³-hybridized carbons (Fsp3) is 0.217. The Morgan fingerprint density at radius 2 is 1.81 bits per heavy atom. The Labute approximate surface area is 202 Å². The lowest BCUT2D eigenvalue weighted by molar-refractivity contribution is -0.137. The Hall–Kier alpha value is -3.87. The van der Waals surface area contributed by atoms with E-state index in [1.54, 1.807) is 6.07 Å². The van der Waals surface area contributed by atoms with Crippen molar-refractivity contribution < 1.29 is 30.7 Å². The third-order valence-electron chi connectivity index (χ3n) is 5.78. The van der Waals surface area contributed by atoms with Gasteiger partial charge in [-0.05, 0) is 36.2 Å². The van der Waals surface area contributed by atoms with Gasteiger partial charge in [-0.25, -0.2) is 27.5 Å². The summed E-state index contributed by atoms with van der Waals surface area (Å²) in [5, 5.41) is 7.57. The maximum absolute atomic E-state index is 13.4. The van der Waals surface area contributed by atoms with E-state index >= 15 is 0 Å². The molecule has 1 aliphatic rings. The van der Waals surface area contributed by atoms with E-state index in [0.29, 0.717) is 23.3 Å². The maximum Gasteiger partial charge on any atom is 0.416 e. The van der Waals surface area contributed by atoms with Gasteiger partial charge in [-0.3, -0.25) is 0 Å². The highest BCUT2D eigenvalue weighted by atomic mass is 32.2. The normalized spacial score (nSPS) is 15.8. The molecular formula is C23H17F4N5O3S. The Kier molecular flexibility index (Phi) is 5.94. The first-order valence-electron chi connectivity index (χ1n) is 10.7. The minimum Gasteiger partial charge on any atom is -0.493 e. The quantitative estimate of drug-likeness (QED) is 0.366. The topological polar surface area (TPSA) is 99.9 Å². The molecule has 0 unspecified atom stereocenters. The molecule has 36 heavy (non-hydrogen) atoms. The summed E-state index contributed by atoms with van der Waals surface area (Å²) in [5.74, 6) is -1.36. The second-order valence-electron chi connectivity index (χ2n) is 8.08. The third-order valence-corrected chi connectivity index (χ3v) is 7.39. The molecular weight excluding hydrogens is 502 g/mol. The van der Waals surface area contributed by atoms with E-state index in [1.165, 1.54) is 35.3 Å². The summed E-state index contributed by atoms with van der Waals surface area (Å²) in [4.78, 5) is 7.35. The summed E-state index contributed by atoms with van der Waals surface area (Å²) in [6.07, 6.45) is 0.495. The number of halogens is 4. The lowest BCUT2D eigenvalue weighted by Crippen LogP contribution is -2.18. The van der Waals surface area contributed by atoms with Crippen molar-refractivity contribution in [3.8, 4) is 11.4 Å². The van der Waals surface area contributed by atoms with Gasteiger partial charge in [0.05, 0.1) is 47.5 Å². The maximum atomic E-state index is 13.4. The van der Waals surface area contributed by atoms with Crippen LogP contribution in [0.25, 0.3) is 5.69 Å². The first-order chi connectivity index (χ1) is 17.1. The molecule has 0 saturated heterocycles. The first-order valence-corrected chi connectivity index (χ1v) is 12.3. The van der Waals surface area contributed by atoms with Crippen LogP contribution in [0.15, 0.2) is 66.1 Å². The van der Waals surface area contributed by atoms with Gasteiger partial charge in [0.15, 0.2) is 15.7 Å². The van der Waals surface area contributed by atoms with Crippen LogP contribution in [0.1, 0.15) is 34.9 Å². The number of hydrogen-bond acceptors (Lipinski definition) is 7. The van der Waals surface area contributed by atoms with Gasteiger partial charge in [0.2, 0.25) is 0 Å². The van der Waals surface area contributed by atoms with E-state index in [4.69, 9.17) is 4.74 Å². The van der Waals surface area contributed by atoms with Gasteiger partial charge in [0, 0.05) is 11.5 Å². The molecule has 0 radical (unpaired) electrons. The van der Waals surface area contributed by atoms with Crippen LogP contribution in [-0.4, -0.2) is 40.0 Å². The van der Waals surface area contributed by atoms with Gasteiger partial charge in [0.1, 0.15) is 17.3 Å². The fourth-order valence-corrected chi connectivity index (χ4v) is 5.32. The molecule has 13 heteroatoms. The number of rotatable bonds is 5. The Bertz CT molecular complexity index is 1510. The van der Waals surface area contributed by atoms with Crippen LogP contribution in [-0.2, 0) is 21.8 Å². The van der Waals surface area contributed by atoms with Crippen LogP contribution in [0.2, 0.25) is 0 Å². The molecule has 1 aliphatic heterocycles. The van der Waals surface area contributed by atoms with Crippen molar-refractivity contribution in [3.63, 3.8) is 0 Å². The molecule has 8 nitrogen and oxygen atoms in total. The second-order valence-corrected chi connectivity index (χ2v) is 10.1. The number of benzene rings is 2. The molecule has 2 aromatic heterocycles. The van der Waals surface area contributed by atoms with Crippen molar-refractivity contribution in [3.05, 3.63) is 89.5 Å². The van der Waals surface area contributed by atoms with E-state index in [9.17, 15) is 26.0 Å². The number of hydrogen-bond donors (Lipinski definition) is 0. The van der Waals surface area contributed by atoms with Gasteiger partial charge >= 0.3 is 6.18 Å². The average molecular weight is 519 g/mol. The molecule has 5 rings (SSSR count). The van der Waals surface area contributed by atoms with E-state index in [2.05, 4.69) is 20.3 Å². The summed E-state index contributed by atoms with van der Waals surface area (Å²) >= 11 is 0. The number of nitrogens with zero attached hydrogens (tertiary/aromatic N) is 5. The average Bonchev–Trinajstić information content (AvgIpc) is 3.39. The minimum absolute atomic E-state index is 0.0428. The fourth-order valence-electron chi connectivity index (χ4n) is 4.10. The third kappa shape index (κ3) is 4.65. The van der Waals surface area contributed by atoms with Gasteiger partial charge in [-0.2, -0.15) is 13.2 Å². The number of ether oxygens (including phenoxy) is 1. The molecule has 4 aromatic rings. The van der Waals surface area contributed by atoms with Crippen molar-refractivity contribution in [2.45, 2.75) is 29.2 Å². The molecule has 3 heterocycles. The van der Waals surface area contributed by atoms with Crippen LogP contribution in [0.3, 0.4) is 0 Å². The highest BCUT2D eigenvalue weighted by Gasteiger charge is 2.33. The number of aromatic nitrogens is 5. The predicted molar refractivity (Wildman–Crippen MR) is 118 cm³/mol. The lowest BCUT2D eigenvalue weighted by Gasteiger charge is -2.28. The second kappa shape index (κ2) is 8.97. The largest absolute Gasteiger partial charge is 0.493 e. The van der Waals surface area contributed by atoms with Crippen LogP contribution < -0.4 is 4.74 Å². The van der Waals surface area contributed by atoms with Crippen molar-refractivity contribution in [2.75, 3.05) is 6.61 Å². The van der Waals surface area contributed by atoms with Crippen molar-refractivity contribution in [1.29, 1.82) is 0 Å². The zero-order chi connectivity index (χ0) is 25.5. The molecule has 0 saturated carbocycles. The Morgan fingerprint density at radius 1 is 1.06 bits per heavy atom. The van der Waals surface area contributed by atoms with Crippen LogP contribution in [0.4, 0.5) is 17.6 Å². The Balaban J connectivity index is 1.53. The molecule has 0 aliphatic carbocycles. The van der Waals surface area contributed by atoms with Crippen molar-refractivity contribution >= 4 is 9.84 Å². The summed E-state index contributed by atoms with van der Waals surface area (Å²) in [7, 11) is -3.88. The summed E-state index contributed by atoms with van der Waals surface area (Å²) in [6.45, 7) is 0.222. The number of alkyl halides is 3. The van der Waals surface area contributed by atoms with E-state index in [1.807, 2.05) is 0 Å². The van der Waals surface area contributed by atoms with Gasteiger partial charge in [0.25, 0.3) is 0 Å². The van der Waals surface area contributed by atoms with Gasteiger partial charge in [-0.1, -0.05) is 17.3 Å². The molecule has 186 valence electrons. The number of sulfone groups is 1. The number of fused-ring (bicyclic) bond motifs is 1. The molecule has 2 aromatic carbocycles. The molecule has 0 bridgehead atoms. The summed E-state index contributed by atoms with van der Waals surface area (Å²) < 4.78 is 86.1. The zero-order valence-electron chi connectivity index (χ0n) is 18.4. The zero-order valence-corrected chi connectivity index (χ0v) is 19.2. The monoisotopic (exact) mass is 519 g/mol. The Morgan fingerprint density at radius 3 is 2.50 bits per heavy atom. The summed E-state index contributed by atoms with van der Waals surface area (Å²) in [5.41, 5.74) is 0.576. The lowest BCUT2D eigenvalue weighted by atomic mass is 9.85. The molecule has 0 amide bonds. The van der Waals surface area contributed by atoms with E-state index in [-0.39, 0.29) is 28.9 Å². The standard InChI is InChI=1S/C23H17F4N5O3S/c24-15-11-28-22(29-12-15)13-36(33,34)16-2-4-19-17(5-8-35-21(19)10-16)18-3-1-14(23(25,26)27)9-20(18)32-7-6-30-31-32/h1-4,6-7,9-12,17H,5,8,13H2/t17-/m0/s1. The summed E-state index contributed by atoms with van der Waals surface area (Å²) in [6, 6.07) is 7.78. The minimum atomic E-state index is -4.54. The molecule has 0 N–H and O–H groups in total. The van der Waals surface area contributed by atoms with E-state index in [0.717, 1.165) is 24.5 Å². The predicted octanol–water partition coefficient (Wildman–Crippen LogP) is 4.10. The van der Waals surface area contributed by atoms with Gasteiger partial charge < -0.3 is 4.74 Å². The van der Waals surface area contributed by atoms with Crippen molar-refractivity contribution in [2.24, 2.45) is 0 Å². The highest BCUT2D eigenvalue weighted by Crippen LogP contribution is 2.42. The molecule has 0 spiro atoms. The van der Waals surface area contributed by atoms with Crippen molar-refractivity contribution in [1.82, 2.24) is 25.0 Å². The highest BCUT2D eigenvalue weighted by molar-refractivity contribution is 7.90. The van der Waals surface area contributed by atoms with Crippen LogP contribution in [0.5, 0.6) is 5.75 Å². The van der Waals surface area contributed by atoms with E-state index < -0.39 is 33.1 Å². The molecule has 1 atom stereocenters. The van der Waals surface area contributed by atoms with Crippen LogP contribution >= 0.6 is 0 Å².